The molecule has 0 aliphatic rings. The number of halogens is 1. The van der Waals surface area contributed by atoms with Gasteiger partial charge in [-0.25, -0.2) is 4.98 Å². The number of methoxy groups -OCH3 is 1. The lowest BCUT2D eigenvalue weighted by molar-refractivity contribution is -0.384. The molecular formula is C13H10ClN5O4. The molecule has 0 atom stereocenters. The van der Waals surface area contributed by atoms with Crippen LogP contribution in [0.4, 0.5) is 5.69 Å². The Kier molecular flexibility index (Phi) is 4.04. The summed E-state index contributed by atoms with van der Waals surface area (Å²) in [5, 5.41) is 14.8. The Labute approximate surface area is 134 Å². The number of ether oxygens (including phenoxy) is 2. The van der Waals surface area contributed by atoms with Gasteiger partial charge < -0.3 is 9.47 Å². The fourth-order valence-electron chi connectivity index (χ4n) is 1.95. The molecule has 0 unspecified atom stereocenters. The Morgan fingerprint density at radius 2 is 2.22 bits per heavy atom. The van der Waals surface area contributed by atoms with Crippen molar-refractivity contribution in [2.45, 2.75) is 6.61 Å². The van der Waals surface area contributed by atoms with Crippen molar-refractivity contribution in [3.8, 4) is 11.6 Å². The molecule has 0 aliphatic heterocycles. The number of hydrogen-bond acceptors (Lipinski definition) is 7. The van der Waals surface area contributed by atoms with E-state index < -0.39 is 4.92 Å². The molecule has 3 aromatic rings. The molecular weight excluding hydrogens is 326 g/mol. The van der Waals surface area contributed by atoms with E-state index >= 15 is 0 Å². The zero-order chi connectivity index (χ0) is 16.4. The lowest BCUT2D eigenvalue weighted by atomic mass is 10.3. The van der Waals surface area contributed by atoms with Gasteiger partial charge in [0.05, 0.1) is 17.2 Å². The topological polar surface area (TPSA) is 105 Å². The monoisotopic (exact) mass is 335 g/mol. The number of hydrogen-bond donors (Lipinski definition) is 0. The van der Waals surface area contributed by atoms with E-state index in [-0.39, 0.29) is 17.3 Å². The Bertz CT molecular complexity index is 882. The highest BCUT2D eigenvalue weighted by atomic mass is 35.5. The van der Waals surface area contributed by atoms with Gasteiger partial charge in [0, 0.05) is 25.3 Å². The van der Waals surface area contributed by atoms with Crippen LogP contribution >= 0.6 is 11.6 Å². The summed E-state index contributed by atoms with van der Waals surface area (Å²) in [7, 11) is 1.55. The second-order valence-electron chi connectivity index (χ2n) is 4.46. The molecule has 0 saturated carbocycles. The predicted molar refractivity (Wildman–Crippen MR) is 79.7 cm³/mol. The van der Waals surface area contributed by atoms with Crippen molar-refractivity contribution in [1.82, 2.24) is 19.6 Å². The van der Waals surface area contributed by atoms with Crippen LogP contribution in [-0.2, 0) is 11.3 Å². The van der Waals surface area contributed by atoms with Crippen LogP contribution in [0.5, 0.6) is 11.6 Å². The van der Waals surface area contributed by atoms with E-state index in [0.29, 0.717) is 23.1 Å². The zero-order valence-corrected chi connectivity index (χ0v) is 12.6. The Morgan fingerprint density at radius 1 is 1.39 bits per heavy atom. The van der Waals surface area contributed by atoms with Crippen LogP contribution in [0.3, 0.4) is 0 Å². The number of nitrogens with zero attached hydrogens (tertiary/aromatic N) is 5. The summed E-state index contributed by atoms with van der Waals surface area (Å²) in [6.07, 6.45) is 1.34. The molecule has 2 heterocycles. The van der Waals surface area contributed by atoms with Crippen LogP contribution in [0, 0.1) is 10.1 Å². The van der Waals surface area contributed by atoms with Gasteiger partial charge in [-0.2, -0.15) is 14.6 Å². The molecule has 9 nitrogen and oxygen atoms in total. The van der Waals surface area contributed by atoms with Crippen molar-refractivity contribution in [2.24, 2.45) is 0 Å². The maximum absolute atomic E-state index is 10.8. The fourth-order valence-corrected chi connectivity index (χ4v) is 2.19. The van der Waals surface area contributed by atoms with Crippen molar-refractivity contribution in [1.29, 1.82) is 0 Å². The second-order valence-corrected chi connectivity index (χ2v) is 4.87. The molecule has 2 aromatic heterocycles. The van der Waals surface area contributed by atoms with Crippen molar-refractivity contribution >= 4 is 23.1 Å². The van der Waals surface area contributed by atoms with E-state index in [1.165, 1.54) is 29.0 Å². The Hall–Kier alpha value is -2.78. The third-order valence-electron chi connectivity index (χ3n) is 2.90. The molecule has 0 aliphatic carbocycles. The average Bonchev–Trinajstić information content (AvgIpc) is 2.96. The van der Waals surface area contributed by atoms with Gasteiger partial charge in [-0.1, -0.05) is 11.6 Å². The molecule has 0 fully saturated rings. The highest BCUT2D eigenvalue weighted by Crippen LogP contribution is 2.31. The number of benzene rings is 1. The third-order valence-corrected chi connectivity index (χ3v) is 3.21. The molecule has 0 spiro atoms. The molecule has 0 amide bonds. The lowest BCUT2D eigenvalue weighted by Crippen LogP contribution is -2.02. The van der Waals surface area contributed by atoms with Gasteiger partial charge >= 0.3 is 0 Å². The van der Waals surface area contributed by atoms with Gasteiger partial charge in [0.15, 0.2) is 0 Å². The van der Waals surface area contributed by atoms with E-state index in [9.17, 15) is 10.1 Å². The minimum absolute atomic E-state index is 0.0199. The number of nitro groups is 1. The first-order valence-corrected chi connectivity index (χ1v) is 6.76. The number of fused-ring (bicyclic) bond motifs is 1. The smallest absolute Gasteiger partial charge is 0.288 e. The zero-order valence-electron chi connectivity index (χ0n) is 11.8. The molecule has 10 heteroatoms. The van der Waals surface area contributed by atoms with Gasteiger partial charge in [0.2, 0.25) is 5.88 Å². The van der Waals surface area contributed by atoms with E-state index in [0.717, 1.165) is 0 Å². The SMILES string of the molecule is COCc1cc(Oc2ccc([N+](=O)[O-])c(Cl)c2)n2ncnc2n1. The minimum Gasteiger partial charge on any atom is -0.439 e. The van der Waals surface area contributed by atoms with Gasteiger partial charge in [-0.05, 0) is 6.07 Å². The summed E-state index contributed by atoms with van der Waals surface area (Å²) < 4.78 is 12.2. The van der Waals surface area contributed by atoms with Crippen molar-refractivity contribution < 1.29 is 14.4 Å². The van der Waals surface area contributed by atoms with E-state index in [4.69, 9.17) is 21.1 Å². The maximum atomic E-state index is 10.8. The van der Waals surface area contributed by atoms with E-state index in [1.54, 1.807) is 13.2 Å². The van der Waals surface area contributed by atoms with E-state index in [1.807, 2.05) is 0 Å². The van der Waals surface area contributed by atoms with Crippen LogP contribution in [0.1, 0.15) is 5.69 Å². The molecule has 118 valence electrons. The average molecular weight is 336 g/mol. The number of nitro benzene ring substituents is 1. The molecule has 23 heavy (non-hydrogen) atoms. The standard InChI is InChI=1S/C13H10ClN5O4/c1-22-6-8-4-12(18-13(17-8)15-7-16-18)23-9-2-3-11(19(20)21)10(14)5-9/h2-5,7H,6H2,1H3. The van der Waals surface area contributed by atoms with Gasteiger partial charge in [-0.15, -0.1) is 0 Å². The molecule has 3 rings (SSSR count). The second kappa shape index (κ2) is 6.15. The highest BCUT2D eigenvalue weighted by molar-refractivity contribution is 6.32. The molecule has 1 aromatic carbocycles. The predicted octanol–water partition coefficient (Wildman–Crippen LogP) is 2.62. The number of aromatic nitrogens is 4. The largest absolute Gasteiger partial charge is 0.439 e. The summed E-state index contributed by atoms with van der Waals surface area (Å²) in [5.41, 5.74) is 0.413. The summed E-state index contributed by atoms with van der Waals surface area (Å²) in [5.74, 6) is 1.01. The van der Waals surface area contributed by atoms with Crippen LogP contribution in [0.15, 0.2) is 30.6 Å². The van der Waals surface area contributed by atoms with Crippen molar-refractivity contribution in [2.75, 3.05) is 7.11 Å². The Balaban J connectivity index is 1.99. The fraction of sp³-hybridized carbons (Fsp3) is 0.154. The minimum atomic E-state index is -0.565. The molecule has 0 bridgehead atoms. The van der Waals surface area contributed by atoms with Crippen molar-refractivity contribution in [3.63, 3.8) is 0 Å². The molecule has 0 N–H and O–H groups in total. The third kappa shape index (κ3) is 3.05. The normalized spacial score (nSPS) is 10.9. The summed E-state index contributed by atoms with van der Waals surface area (Å²) in [4.78, 5) is 18.5. The first kappa shape index (κ1) is 15.1. The van der Waals surface area contributed by atoms with E-state index in [2.05, 4.69) is 15.1 Å². The quantitative estimate of drug-likeness (QED) is 0.521. The summed E-state index contributed by atoms with van der Waals surface area (Å²) >= 11 is 5.88. The molecule has 0 saturated heterocycles. The van der Waals surface area contributed by atoms with Gasteiger partial charge in [0.25, 0.3) is 11.5 Å². The Morgan fingerprint density at radius 3 is 2.91 bits per heavy atom. The van der Waals surface area contributed by atoms with Gasteiger partial charge in [-0.3, -0.25) is 10.1 Å². The first-order valence-electron chi connectivity index (χ1n) is 6.39. The molecule has 0 radical (unpaired) electrons. The van der Waals surface area contributed by atoms with Gasteiger partial charge in [0.1, 0.15) is 17.1 Å². The van der Waals surface area contributed by atoms with Crippen molar-refractivity contribution in [3.05, 3.63) is 51.4 Å². The first-order chi connectivity index (χ1) is 11.1. The lowest BCUT2D eigenvalue weighted by Gasteiger charge is -2.09. The van der Waals surface area contributed by atoms with Crippen LogP contribution in [0.25, 0.3) is 5.78 Å². The van der Waals surface area contributed by atoms with Crippen LogP contribution in [-0.4, -0.2) is 31.6 Å². The maximum Gasteiger partial charge on any atom is 0.288 e. The summed E-state index contributed by atoms with van der Waals surface area (Å²) in [6, 6.07) is 5.72. The highest BCUT2D eigenvalue weighted by Gasteiger charge is 2.15. The van der Waals surface area contributed by atoms with Crippen LogP contribution < -0.4 is 4.74 Å². The van der Waals surface area contributed by atoms with Crippen LogP contribution in [0.2, 0.25) is 5.02 Å². The summed E-state index contributed by atoms with van der Waals surface area (Å²) in [6.45, 7) is 0.279. The number of rotatable bonds is 5.